The Bertz CT molecular complexity index is 828. The number of hydrogen-bond donors (Lipinski definition) is 2. The van der Waals surface area contributed by atoms with Gasteiger partial charge in [-0.3, -0.25) is 9.55 Å². The maximum absolute atomic E-state index is 13.2. The molecule has 7 heteroatoms. The highest BCUT2D eigenvalue weighted by atomic mass is 19.2. The molecule has 2 aromatic heterocycles. The molecule has 5 nitrogen and oxygen atoms in total. The largest absolute Gasteiger partial charge is 0.494 e. The SMILES string of the molecule is Oc1ccc(O)n1CCOc1ccc(-c2ccc(F)c(F)c2)nc1. The van der Waals surface area contributed by atoms with Crippen LogP contribution in [0, 0.1) is 11.6 Å². The lowest BCUT2D eigenvalue weighted by molar-refractivity contribution is 0.274. The number of rotatable bonds is 5. The van der Waals surface area contributed by atoms with E-state index in [2.05, 4.69) is 4.98 Å². The molecule has 3 aromatic rings. The Hall–Kier alpha value is -3.09. The van der Waals surface area contributed by atoms with Crippen LogP contribution in [0.15, 0.2) is 48.7 Å². The molecule has 0 bridgehead atoms. The van der Waals surface area contributed by atoms with Crippen molar-refractivity contribution < 1.29 is 23.7 Å². The zero-order chi connectivity index (χ0) is 17.1. The number of halogens is 2. The van der Waals surface area contributed by atoms with E-state index in [1.165, 1.54) is 29.0 Å². The first kappa shape index (κ1) is 15.8. The molecule has 2 N–H and O–H groups in total. The van der Waals surface area contributed by atoms with Crippen molar-refractivity contribution in [3.63, 3.8) is 0 Å². The van der Waals surface area contributed by atoms with Crippen LogP contribution < -0.4 is 4.74 Å². The third-order valence-corrected chi connectivity index (χ3v) is 3.47. The third kappa shape index (κ3) is 3.29. The molecule has 0 aliphatic rings. The number of aromatic nitrogens is 2. The van der Waals surface area contributed by atoms with Crippen molar-refractivity contribution in [1.82, 2.24) is 9.55 Å². The maximum atomic E-state index is 13.2. The van der Waals surface area contributed by atoms with Gasteiger partial charge in [-0.05, 0) is 30.3 Å². The zero-order valence-corrected chi connectivity index (χ0v) is 12.5. The van der Waals surface area contributed by atoms with Crippen molar-refractivity contribution >= 4 is 0 Å². The van der Waals surface area contributed by atoms with Crippen LogP contribution in [0.3, 0.4) is 0 Å². The van der Waals surface area contributed by atoms with Gasteiger partial charge in [0.05, 0.1) is 18.4 Å². The highest BCUT2D eigenvalue weighted by Crippen LogP contribution is 2.23. The van der Waals surface area contributed by atoms with Gasteiger partial charge in [-0.1, -0.05) is 0 Å². The quantitative estimate of drug-likeness (QED) is 0.752. The molecule has 0 spiro atoms. The number of pyridine rings is 1. The summed E-state index contributed by atoms with van der Waals surface area (Å²) in [6, 6.07) is 9.62. The van der Waals surface area contributed by atoms with Gasteiger partial charge in [-0.2, -0.15) is 0 Å². The molecular weight excluding hydrogens is 318 g/mol. The van der Waals surface area contributed by atoms with Crippen LogP contribution >= 0.6 is 0 Å². The fourth-order valence-electron chi connectivity index (χ4n) is 2.22. The monoisotopic (exact) mass is 332 g/mol. The summed E-state index contributed by atoms with van der Waals surface area (Å²) in [5.41, 5.74) is 0.949. The highest BCUT2D eigenvalue weighted by Gasteiger charge is 2.07. The van der Waals surface area contributed by atoms with Crippen LogP contribution in [-0.2, 0) is 6.54 Å². The van der Waals surface area contributed by atoms with Gasteiger partial charge in [0.15, 0.2) is 23.4 Å². The fraction of sp³-hybridized carbons (Fsp3) is 0.118. The summed E-state index contributed by atoms with van der Waals surface area (Å²) in [4.78, 5) is 4.15. The van der Waals surface area contributed by atoms with Crippen molar-refractivity contribution in [3.8, 4) is 28.8 Å². The summed E-state index contributed by atoms with van der Waals surface area (Å²) in [6.07, 6.45) is 1.46. The Morgan fingerprint density at radius 3 is 2.33 bits per heavy atom. The van der Waals surface area contributed by atoms with Gasteiger partial charge in [0, 0.05) is 17.7 Å². The van der Waals surface area contributed by atoms with E-state index in [4.69, 9.17) is 4.74 Å². The molecule has 0 radical (unpaired) electrons. The number of nitrogens with zero attached hydrogens (tertiary/aromatic N) is 2. The topological polar surface area (TPSA) is 67.5 Å². The minimum atomic E-state index is -0.930. The van der Waals surface area contributed by atoms with Crippen molar-refractivity contribution in [2.75, 3.05) is 6.61 Å². The first-order chi connectivity index (χ1) is 11.5. The molecule has 0 aliphatic carbocycles. The van der Waals surface area contributed by atoms with E-state index in [0.29, 0.717) is 17.0 Å². The van der Waals surface area contributed by atoms with Gasteiger partial charge >= 0.3 is 0 Å². The minimum absolute atomic E-state index is 0.0529. The van der Waals surface area contributed by atoms with Gasteiger partial charge < -0.3 is 14.9 Å². The molecule has 24 heavy (non-hydrogen) atoms. The smallest absolute Gasteiger partial charge is 0.193 e. The van der Waals surface area contributed by atoms with E-state index in [9.17, 15) is 19.0 Å². The summed E-state index contributed by atoms with van der Waals surface area (Å²) >= 11 is 0. The zero-order valence-electron chi connectivity index (χ0n) is 12.5. The Morgan fingerprint density at radius 2 is 1.71 bits per heavy atom. The Morgan fingerprint density at radius 1 is 0.958 bits per heavy atom. The molecule has 0 unspecified atom stereocenters. The second kappa shape index (κ2) is 6.57. The van der Waals surface area contributed by atoms with Gasteiger partial charge in [0.1, 0.15) is 12.4 Å². The standard InChI is InChI=1S/C17H14F2N2O3/c18-13-3-1-11(9-14(13)19)15-4-2-12(10-20-15)24-8-7-21-16(22)5-6-17(21)23/h1-6,9-10,22-23H,7-8H2. The van der Waals surface area contributed by atoms with Gasteiger partial charge in [-0.25, -0.2) is 8.78 Å². The Balaban J connectivity index is 1.63. The number of aromatic hydroxyl groups is 2. The Labute approximate surface area is 136 Å². The van der Waals surface area contributed by atoms with Crippen LogP contribution in [0.2, 0.25) is 0 Å². The second-order valence-corrected chi connectivity index (χ2v) is 5.06. The normalized spacial score (nSPS) is 10.8. The molecule has 0 amide bonds. The van der Waals surface area contributed by atoms with E-state index in [0.717, 1.165) is 12.1 Å². The molecule has 2 heterocycles. The minimum Gasteiger partial charge on any atom is -0.494 e. The molecule has 0 atom stereocenters. The summed E-state index contributed by atoms with van der Waals surface area (Å²) in [5, 5.41) is 19.0. The number of ether oxygens (including phenoxy) is 1. The first-order valence-electron chi connectivity index (χ1n) is 7.16. The van der Waals surface area contributed by atoms with Crippen LogP contribution in [-0.4, -0.2) is 26.4 Å². The molecule has 0 saturated carbocycles. The van der Waals surface area contributed by atoms with E-state index in [1.54, 1.807) is 12.1 Å². The van der Waals surface area contributed by atoms with E-state index in [1.807, 2.05) is 0 Å². The van der Waals surface area contributed by atoms with Crippen LogP contribution in [0.5, 0.6) is 17.5 Å². The second-order valence-electron chi connectivity index (χ2n) is 5.06. The molecule has 0 saturated heterocycles. The average Bonchev–Trinajstić information content (AvgIpc) is 2.90. The van der Waals surface area contributed by atoms with Gasteiger partial charge in [-0.15, -0.1) is 0 Å². The van der Waals surface area contributed by atoms with E-state index >= 15 is 0 Å². The number of benzene rings is 1. The predicted octanol–water partition coefficient (Wildman–Crippen LogP) is 3.32. The highest BCUT2D eigenvalue weighted by molar-refractivity contribution is 5.59. The molecular formula is C17H14F2N2O3. The molecule has 0 fully saturated rings. The van der Waals surface area contributed by atoms with E-state index in [-0.39, 0.29) is 24.9 Å². The lowest BCUT2D eigenvalue weighted by Gasteiger charge is -2.09. The van der Waals surface area contributed by atoms with Gasteiger partial charge in [0.25, 0.3) is 0 Å². The summed E-state index contributed by atoms with van der Waals surface area (Å²) in [7, 11) is 0. The molecule has 0 aliphatic heterocycles. The fourth-order valence-corrected chi connectivity index (χ4v) is 2.22. The maximum Gasteiger partial charge on any atom is 0.193 e. The summed E-state index contributed by atoms with van der Waals surface area (Å²) in [5.74, 6) is -1.46. The first-order valence-corrected chi connectivity index (χ1v) is 7.16. The summed E-state index contributed by atoms with van der Waals surface area (Å²) in [6.45, 7) is 0.470. The predicted molar refractivity (Wildman–Crippen MR) is 82.8 cm³/mol. The van der Waals surface area contributed by atoms with Crippen molar-refractivity contribution in [2.24, 2.45) is 0 Å². The molecule has 124 valence electrons. The number of hydrogen-bond acceptors (Lipinski definition) is 4. The van der Waals surface area contributed by atoms with Crippen molar-refractivity contribution in [2.45, 2.75) is 6.54 Å². The van der Waals surface area contributed by atoms with Crippen LogP contribution in [0.1, 0.15) is 0 Å². The van der Waals surface area contributed by atoms with Crippen molar-refractivity contribution in [3.05, 3.63) is 60.3 Å². The van der Waals surface area contributed by atoms with Crippen LogP contribution in [0.25, 0.3) is 11.3 Å². The van der Waals surface area contributed by atoms with Gasteiger partial charge in [0.2, 0.25) is 0 Å². The lowest BCUT2D eigenvalue weighted by atomic mass is 10.1. The average molecular weight is 332 g/mol. The lowest BCUT2D eigenvalue weighted by Crippen LogP contribution is -2.07. The third-order valence-electron chi connectivity index (χ3n) is 3.47. The van der Waals surface area contributed by atoms with Crippen molar-refractivity contribution in [1.29, 1.82) is 0 Å². The Kier molecular flexibility index (Phi) is 4.33. The summed E-state index contributed by atoms with van der Waals surface area (Å²) < 4.78 is 33.0. The van der Waals surface area contributed by atoms with Crippen LogP contribution in [0.4, 0.5) is 8.78 Å². The molecule has 1 aromatic carbocycles. The molecule has 3 rings (SSSR count). The van der Waals surface area contributed by atoms with E-state index < -0.39 is 11.6 Å².